The minimum atomic E-state index is -3.12. The number of hydrogen-bond acceptors (Lipinski definition) is 24. The Kier molecular flexibility index (Phi) is 20.5. The molecular weight excluding hydrogens is 1520 g/mol. The Bertz CT molecular complexity index is 5640. The van der Waals surface area contributed by atoms with E-state index in [4.69, 9.17) is 121 Å². The van der Waals surface area contributed by atoms with E-state index in [1.54, 1.807) is 55.4 Å². The summed E-state index contributed by atoms with van der Waals surface area (Å²) in [6.07, 6.45) is -21.6. The second-order valence-corrected chi connectivity index (χ2v) is 33.9. The van der Waals surface area contributed by atoms with Crippen molar-refractivity contribution in [3.8, 4) is 46.0 Å². The summed E-state index contributed by atoms with van der Waals surface area (Å²) >= 11 is 0. The molecule has 24 nitrogen and oxygen atoms in total. The van der Waals surface area contributed by atoms with Gasteiger partial charge in [0.05, 0.1) is 86.9 Å². The number of carbonyl (C=O) groups excluding carboxylic acids is 4. The standard InChI is InChI=1S/4C24H38N2O4/c4*1-14(2)9-17-13-26-8-7-16-10-21(28-5)22(29-6)11-18(16)19(26)12-20(17)30-24(27)23(25)15(3)4/h4*10-11,14-15,17,19-20,23H,7-9,12-13,25H2,1-6H3/t4*17?,19?,20?,23-/m0000/s1/i2*5D3,7D2,8D2,10D,11D,19D,20D;2*7D2,8D2,10D,11D,19D,20D. The first kappa shape index (κ1) is 55.9. The Hall–Kier alpha value is -7.16. The molecule has 0 radical (unpaired) electrons. The Morgan fingerprint density at radius 1 is 0.342 bits per heavy atom. The summed E-state index contributed by atoms with van der Waals surface area (Å²) in [4.78, 5) is 55.7. The first-order chi connectivity index (χ1) is 71.5. The van der Waals surface area contributed by atoms with Gasteiger partial charge in [0.2, 0.25) is 0 Å². The molecule has 8 aliphatic heterocycles. The highest BCUT2D eigenvalue weighted by molar-refractivity contribution is 5.77. The summed E-state index contributed by atoms with van der Waals surface area (Å²) in [7, 11) is 0.863. The summed E-state index contributed by atoms with van der Waals surface area (Å²) in [6.45, 7) is 15.7. The van der Waals surface area contributed by atoms with Gasteiger partial charge in [-0.05, 0) is 191 Å². The van der Waals surface area contributed by atoms with Crippen molar-refractivity contribution in [3.05, 3.63) is 92.8 Å². The van der Waals surface area contributed by atoms with Crippen LogP contribution in [0.15, 0.2) is 48.3 Å². The molecule has 0 saturated carbocycles. The molecule has 8 aliphatic rings. The molecule has 4 aromatic rings. The summed E-state index contributed by atoms with van der Waals surface area (Å²) in [5.41, 5.74) is 19.8. The fourth-order valence-electron chi connectivity index (χ4n) is 14.8. The van der Waals surface area contributed by atoms with Crippen LogP contribution in [0.3, 0.4) is 0 Å². The molecule has 12 unspecified atom stereocenters. The highest BCUT2D eigenvalue weighted by Crippen LogP contribution is 2.50. The van der Waals surface area contributed by atoms with E-state index in [1.807, 2.05) is 55.4 Å². The van der Waals surface area contributed by atoms with Gasteiger partial charge < -0.3 is 79.8 Å². The Labute approximate surface area is 772 Å². The molecule has 0 bridgehead atoms. The topological polar surface area (TPSA) is 296 Å². The Balaban J connectivity index is 0.000000233. The van der Waals surface area contributed by atoms with Crippen LogP contribution >= 0.6 is 0 Å². The maximum absolute atomic E-state index is 13.0. The fourth-order valence-corrected chi connectivity index (χ4v) is 14.8. The lowest BCUT2D eigenvalue weighted by molar-refractivity contribution is -0.161. The van der Waals surface area contributed by atoms with Crippen LogP contribution in [0.2, 0.25) is 0 Å². The third-order valence-corrected chi connectivity index (χ3v) is 21.6. The molecule has 0 amide bonds. The van der Waals surface area contributed by atoms with Gasteiger partial charge in [-0.2, -0.15) is 0 Å². The first-order valence-electron chi connectivity index (χ1n) is 59.9. The minimum absolute atomic E-state index is 0.0103. The van der Waals surface area contributed by atoms with Crippen LogP contribution in [0.4, 0.5) is 0 Å². The number of hydrogen-bond donors (Lipinski definition) is 4. The second-order valence-electron chi connectivity index (χ2n) is 33.9. The van der Waals surface area contributed by atoms with Crippen LogP contribution in [0.25, 0.3) is 0 Å². The van der Waals surface area contributed by atoms with E-state index < -0.39 is 329 Å². The SMILES string of the molecule is [2H]c1c(OC)c(OC([2H])([2H])[2H])c([2H])c2c1C1([2H])CC([2H])(OC(=O)[C@@H](N)C(C)C)C(CC(C)C)CN1C([2H])([2H])C2([2H])[2H].[2H]c1c(OC)c(OC([2H])([2H])[2H])c([2H])c2c1C1([2H])CC([2H])(OC(=O)[C@@H](N)C(C)C)C(CC(C)C)CN1C([2H])([2H])C2([2H])[2H].[2H]c1c(OC)c(OC)c([2H])c2c1C1([2H])CC([2H])(OC(=O)[C@@H](N)C(C)C)C(CC(C)C)CN1C([2H])([2H])C2([2H])[2H].[2H]c1c(OC)c(OC)c([2H])c2c1C1([2H])CC([2H])(OC(=O)[C@@H](N)C(C)C)C(CC(C)C)CN1C([2H])([2H])C2([2H])[2H]. The average Bonchev–Trinajstić information content (AvgIpc) is 0.683. The van der Waals surface area contributed by atoms with Gasteiger partial charge in [0.25, 0.3) is 0 Å². The quantitative estimate of drug-likeness (QED) is 0.0303. The van der Waals surface area contributed by atoms with Crippen molar-refractivity contribution in [1.82, 2.24) is 19.6 Å². The lowest BCUT2D eigenvalue weighted by atomic mass is 9.79. The van der Waals surface area contributed by atoms with Gasteiger partial charge in [-0.1, -0.05) is 111 Å². The molecule has 120 heavy (non-hydrogen) atoms. The molecule has 4 fully saturated rings. The van der Waals surface area contributed by atoms with Crippen molar-refractivity contribution in [2.45, 2.75) is 260 Å². The van der Waals surface area contributed by atoms with Crippen LogP contribution < -0.4 is 60.8 Å². The molecule has 4 saturated heterocycles. The molecule has 0 aliphatic carbocycles. The van der Waals surface area contributed by atoms with Crippen molar-refractivity contribution in [1.29, 1.82) is 0 Å². The smallest absolute Gasteiger partial charge is 0.323 e. The number of ether oxygens (including phenoxy) is 12. The van der Waals surface area contributed by atoms with Crippen molar-refractivity contribution in [2.24, 2.45) is 93.9 Å². The number of benzene rings is 4. The van der Waals surface area contributed by atoms with Gasteiger partial charge in [-0.3, -0.25) is 38.8 Å². The van der Waals surface area contributed by atoms with Crippen molar-refractivity contribution < 1.29 is 128 Å². The minimum Gasteiger partial charge on any atom is -0.493 e. The molecule has 672 valence electrons. The van der Waals surface area contributed by atoms with Gasteiger partial charge in [0, 0.05) is 148 Å². The predicted molar refractivity (Wildman–Crippen MR) is 471 cm³/mol. The lowest BCUT2D eigenvalue weighted by Gasteiger charge is -2.47. The maximum Gasteiger partial charge on any atom is 0.323 e. The third kappa shape index (κ3) is 23.8. The molecule has 8 heterocycles. The summed E-state index contributed by atoms with van der Waals surface area (Å²) in [5.74, 6) is -11.7. The number of nitrogens with zero attached hydrogens (tertiary/aromatic N) is 4. The van der Waals surface area contributed by atoms with Gasteiger partial charge in [-0.25, -0.2) is 0 Å². The van der Waals surface area contributed by atoms with Gasteiger partial charge >= 0.3 is 23.9 Å². The zero-order valence-electron chi connectivity index (χ0n) is 111. The summed E-state index contributed by atoms with van der Waals surface area (Å²) in [6, 6.07) is -18.8. The summed E-state index contributed by atoms with van der Waals surface area (Å²) in [5, 5.41) is 0. The van der Waals surface area contributed by atoms with E-state index in [2.05, 4.69) is 0 Å². The monoisotopic (exact) mass is 1710 g/mol. The van der Waals surface area contributed by atoms with E-state index in [9.17, 15) is 30.1 Å². The number of nitrogens with two attached hydrogens (primary N) is 4. The number of methoxy groups -OCH3 is 8. The molecule has 16 atom stereocenters. The van der Waals surface area contributed by atoms with Crippen LogP contribution in [0.5, 0.6) is 46.0 Å². The van der Waals surface area contributed by atoms with E-state index >= 15 is 0 Å². The Morgan fingerprint density at radius 2 is 0.525 bits per heavy atom. The second kappa shape index (κ2) is 43.9. The molecule has 0 aromatic heterocycles. The predicted octanol–water partition coefficient (Wildman–Crippen LogP) is 14.3. The van der Waals surface area contributed by atoms with E-state index in [-0.39, 0.29) is 107 Å². The average molecular weight is 1710 g/mol. The van der Waals surface area contributed by atoms with Gasteiger partial charge in [-0.15, -0.1) is 0 Å². The largest absolute Gasteiger partial charge is 0.493 e. The first-order valence-corrected chi connectivity index (χ1v) is 40.9. The molecule has 8 N–H and O–H groups in total. The third-order valence-electron chi connectivity index (χ3n) is 21.6. The zero-order chi connectivity index (χ0) is 122. The van der Waals surface area contributed by atoms with Crippen molar-refractivity contribution in [3.63, 3.8) is 0 Å². The van der Waals surface area contributed by atoms with E-state index in [0.717, 1.165) is 33.8 Å². The van der Waals surface area contributed by atoms with Crippen LogP contribution in [0, 0.1) is 71.0 Å². The van der Waals surface area contributed by atoms with Crippen molar-refractivity contribution in [2.75, 3.05) is 109 Å². The van der Waals surface area contributed by atoms with Gasteiger partial charge in [0.1, 0.15) is 48.5 Å². The maximum atomic E-state index is 13.0. The number of fused-ring (bicyclic) bond motifs is 12. The molecule has 12 rings (SSSR count). The number of carbonyl (C=O) groups is 4. The summed E-state index contributed by atoms with van der Waals surface area (Å²) < 4.78 is 396. The van der Waals surface area contributed by atoms with Crippen LogP contribution in [-0.4, -0.2) is 201 Å². The number of esters is 4. The zero-order valence-corrected chi connectivity index (χ0v) is 73.4. The van der Waals surface area contributed by atoms with Crippen LogP contribution in [0.1, 0.15) is 283 Å². The highest BCUT2D eigenvalue weighted by Gasteiger charge is 2.47. The molecule has 0 spiro atoms. The Morgan fingerprint density at radius 3 is 0.692 bits per heavy atom. The fraction of sp³-hybridized carbons (Fsp3) is 0.708. The lowest BCUT2D eigenvalue weighted by Crippen LogP contribution is -2.51. The highest BCUT2D eigenvalue weighted by atomic mass is 16.6. The molecular formula is C96H152N8O16. The van der Waals surface area contributed by atoms with E-state index in [1.165, 1.54) is 28.4 Å². The molecule has 24 heteroatoms. The number of rotatable bonds is 28. The van der Waals surface area contributed by atoms with Gasteiger partial charge in [0.15, 0.2) is 46.0 Å². The molecule has 4 aromatic carbocycles. The van der Waals surface area contributed by atoms with E-state index in [0.29, 0.717) is 12.8 Å². The van der Waals surface area contributed by atoms with Crippen molar-refractivity contribution >= 4 is 23.9 Å². The van der Waals surface area contributed by atoms with Crippen LogP contribution in [-0.2, 0) is 63.6 Å². The normalized spacial score (nSPS) is 38.0. The number of piperidine rings is 4.